The minimum atomic E-state index is -0.160. The molecule has 0 spiro atoms. The summed E-state index contributed by atoms with van der Waals surface area (Å²) < 4.78 is 15.3. The highest BCUT2D eigenvalue weighted by Crippen LogP contribution is 2.14. The fraction of sp³-hybridized carbons (Fsp3) is 0.286. The molecule has 0 amide bonds. The Bertz CT molecular complexity index is 503. The summed E-state index contributed by atoms with van der Waals surface area (Å²) in [6.07, 6.45) is 2.06. The zero-order valence-corrected chi connectivity index (χ0v) is 10.2. The first-order valence-corrected chi connectivity index (χ1v) is 5.84. The number of nitrogens with one attached hydrogen (secondary N) is 1. The van der Waals surface area contributed by atoms with E-state index in [1.165, 1.54) is 11.8 Å². The Morgan fingerprint density at radius 1 is 1.29 bits per heavy atom. The highest BCUT2D eigenvalue weighted by Gasteiger charge is 2.01. The second-order valence-electron chi connectivity index (χ2n) is 4.10. The molecular weight excluding hydrogens is 215 g/mol. The summed E-state index contributed by atoms with van der Waals surface area (Å²) in [5.74, 6) is -0.160. The van der Waals surface area contributed by atoms with Crippen LogP contribution in [0.25, 0.3) is 0 Å². The average molecular weight is 232 g/mol. The number of aromatic nitrogens is 1. The number of aryl methyl sites for hydroxylation is 2. The molecule has 0 unspecified atom stereocenters. The van der Waals surface area contributed by atoms with Gasteiger partial charge in [-0.2, -0.15) is 0 Å². The molecule has 1 aromatic heterocycles. The van der Waals surface area contributed by atoms with Crippen LogP contribution in [-0.2, 0) is 13.1 Å². The van der Waals surface area contributed by atoms with Crippen molar-refractivity contribution < 1.29 is 4.39 Å². The molecule has 0 aliphatic heterocycles. The van der Waals surface area contributed by atoms with Crippen molar-refractivity contribution in [3.8, 4) is 0 Å². The average Bonchev–Trinajstić information content (AvgIpc) is 2.78. The van der Waals surface area contributed by atoms with E-state index in [0.29, 0.717) is 5.56 Å². The lowest BCUT2D eigenvalue weighted by Crippen LogP contribution is -2.06. The minimum Gasteiger partial charge on any atom is -0.379 e. The third kappa shape index (κ3) is 2.67. The molecule has 3 heteroatoms. The summed E-state index contributed by atoms with van der Waals surface area (Å²) in [4.78, 5) is 0. The monoisotopic (exact) mass is 232 g/mol. The van der Waals surface area contributed by atoms with Crippen molar-refractivity contribution in [3.63, 3.8) is 0 Å². The molecule has 2 aromatic rings. The largest absolute Gasteiger partial charge is 0.379 e. The van der Waals surface area contributed by atoms with Gasteiger partial charge in [-0.1, -0.05) is 0 Å². The molecule has 0 fully saturated rings. The zero-order chi connectivity index (χ0) is 12.3. The Balaban J connectivity index is 2.05. The van der Waals surface area contributed by atoms with E-state index in [0.717, 1.165) is 18.8 Å². The highest BCUT2D eigenvalue weighted by molar-refractivity contribution is 5.46. The van der Waals surface area contributed by atoms with Crippen LogP contribution in [0.2, 0.25) is 0 Å². The molecule has 1 N–H and O–H groups in total. The standard InChI is InChI=1S/C14H17FN2/c1-3-17-8-4-5-13(17)10-16-12-6-7-14(15)11(2)9-12/h4-9,16H,3,10H2,1-2H3. The van der Waals surface area contributed by atoms with Crippen molar-refractivity contribution in [2.24, 2.45) is 0 Å². The molecular formula is C14H17FN2. The van der Waals surface area contributed by atoms with Crippen LogP contribution in [-0.4, -0.2) is 4.57 Å². The number of hydrogen-bond acceptors (Lipinski definition) is 1. The van der Waals surface area contributed by atoms with Gasteiger partial charge in [-0.25, -0.2) is 4.39 Å². The van der Waals surface area contributed by atoms with Crippen molar-refractivity contribution in [2.45, 2.75) is 26.9 Å². The van der Waals surface area contributed by atoms with Gasteiger partial charge in [0.05, 0.1) is 6.54 Å². The fourth-order valence-electron chi connectivity index (χ4n) is 1.87. The first kappa shape index (κ1) is 11.7. The first-order chi connectivity index (χ1) is 8.20. The van der Waals surface area contributed by atoms with Gasteiger partial charge in [0.25, 0.3) is 0 Å². The van der Waals surface area contributed by atoms with E-state index in [9.17, 15) is 4.39 Å². The van der Waals surface area contributed by atoms with Gasteiger partial charge in [0.1, 0.15) is 5.82 Å². The van der Waals surface area contributed by atoms with E-state index >= 15 is 0 Å². The Morgan fingerprint density at radius 3 is 2.82 bits per heavy atom. The van der Waals surface area contributed by atoms with E-state index in [-0.39, 0.29) is 5.82 Å². The van der Waals surface area contributed by atoms with Gasteiger partial charge < -0.3 is 9.88 Å². The van der Waals surface area contributed by atoms with E-state index in [2.05, 4.69) is 29.1 Å². The molecule has 0 saturated carbocycles. The predicted octanol–water partition coefficient (Wildman–Crippen LogP) is 3.57. The molecule has 2 nitrogen and oxygen atoms in total. The minimum absolute atomic E-state index is 0.160. The molecule has 17 heavy (non-hydrogen) atoms. The number of nitrogens with zero attached hydrogens (tertiary/aromatic N) is 1. The molecule has 0 atom stereocenters. The summed E-state index contributed by atoms with van der Waals surface area (Å²) in [6.45, 7) is 5.61. The maximum atomic E-state index is 13.1. The lowest BCUT2D eigenvalue weighted by Gasteiger charge is -2.10. The number of halogens is 1. The number of rotatable bonds is 4. The van der Waals surface area contributed by atoms with Crippen LogP contribution < -0.4 is 5.32 Å². The molecule has 0 radical (unpaired) electrons. The lowest BCUT2D eigenvalue weighted by molar-refractivity contribution is 0.618. The molecule has 0 aliphatic carbocycles. The van der Waals surface area contributed by atoms with Crippen molar-refractivity contribution in [3.05, 3.63) is 53.6 Å². The molecule has 1 heterocycles. The SMILES string of the molecule is CCn1cccc1CNc1ccc(F)c(C)c1. The third-order valence-corrected chi connectivity index (χ3v) is 2.90. The topological polar surface area (TPSA) is 17.0 Å². The Morgan fingerprint density at radius 2 is 2.12 bits per heavy atom. The third-order valence-electron chi connectivity index (χ3n) is 2.90. The van der Waals surface area contributed by atoms with Crippen LogP contribution in [0.15, 0.2) is 36.5 Å². The summed E-state index contributed by atoms with van der Waals surface area (Å²) in [5.41, 5.74) is 2.85. The van der Waals surface area contributed by atoms with E-state index in [4.69, 9.17) is 0 Å². The van der Waals surface area contributed by atoms with E-state index < -0.39 is 0 Å². The Kier molecular flexibility index (Phi) is 3.47. The second kappa shape index (κ2) is 5.04. The maximum absolute atomic E-state index is 13.1. The van der Waals surface area contributed by atoms with Crippen molar-refractivity contribution in [2.75, 3.05) is 5.32 Å². The lowest BCUT2D eigenvalue weighted by atomic mass is 10.2. The van der Waals surface area contributed by atoms with Gasteiger partial charge >= 0.3 is 0 Å². The van der Waals surface area contributed by atoms with Gasteiger partial charge in [0.2, 0.25) is 0 Å². The molecule has 90 valence electrons. The predicted molar refractivity (Wildman–Crippen MR) is 68.6 cm³/mol. The van der Waals surface area contributed by atoms with Crippen molar-refractivity contribution in [1.82, 2.24) is 4.57 Å². The van der Waals surface area contributed by atoms with Crippen LogP contribution in [0, 0.1) is 12.7 Å². The fourth-order valence-corrected chi connectivity index (χ4v) is 1.87. The zero-order valence-electron chi connectivity index (χ0n) is 10.2. The summed E-state index contributed by atoms with van der Waals surface area (Å²) in [6, 6.07) is 9.22. The normalized spacial score (nSPS) is 10.5. The van der Waals surface area contributed by atoms with Crippen LogP contribution in [0.3, 0.4) is 0 Å². The van der Waals surface area contributed by atoms with Crippen LogP contribution >= 0.6 is 0 Å². The smallest absolute Gasteiger partial charge is 0.126 e. The van der Waals surface area contributed by atoms with E-state index in [1.54, 1.807) is 13.0 Å². The van der Waals surface area contributed by atoms with Gasteiger partial charge in [0, 0.05) is 24.1 Å². The van der Waals surface area contributed by atoms with Gasteiger partial charge in [-0.15, -0.1) is 0 Å². The first-order valence-electron chi connectivity index (χ1n) is 5.84. The van der Waals surface area contributed by atoms with Crippen LogP contribution in [0.1, 0.15) is 18.2 Å². The quantitative estimate of drug-likeness (QED) is 0.852. The molecule has 1 aromatic carbocycles. The molecule has 0 aliphatic rings. The van der Waals surface area contributed by atoms with Gasteiger partial charge in [-0.3, -0.25) is 0 Å². The molecule has 0 saturated heterocycles. The number of anilines is 1. The number of benzene rings is 1. The maximum Gasteiger partial charge on any atom is 0.126 e. The van der Waals surface area contributed by atoms with Gasteiger partial charge in [-0.05, 0) is 49.7 Å². The van der Waals surface area contributed by atoms with Crippen molar-refractivity contribution >= 4 is 5.69 Å². The summed E-state index contributed by atoms with van der Waals surface area (Å²) in [7, 11) is 0. The Hall–Kier alpha value is -1.77. The molecule has 0 bridgehead atoms. The van der Waals surface area contributed by atoms with E-state index in [1.807, 2.05) is 12.1 Å². The summed E-state index contributed by atoms with van der Waals surface area (Å²) in [5, 5.41) is 3.30. The second-order valence-corrected chi connectivity index (χ2v) is 4.10. The van der Waals surface area contributed by atoms with Crippen LogP contribution in [0.5, 0.6) is 0 Å². The Labute approximate surface area is 101 Å². The number of hydrogen-bond donors (Lipinski definition) is 1. The van der Waals surface area contributed by atoms with Crippen molar-refractivity contribution in [1.29, 1.82) is 0 Å². The molecule has 2 rings (SSSR count). The van der Waals surface area contributed by atoms with Gasteiger partial charge in [0.15, 0.2) is 0 Å². The summed E-state index contributed by atoms with van der Waals surface area (Å²) >= 11 is 0. The van der Waals surface area contributed by atoms with Crippen LogP contribution in [0.4, 0.5) is 10.1 Å². The highest BCUT2D eigenvalue weighted by atomic mass is 19.1.